The van der Waals surface area contributed by atoms with E-state index in [2.05, 4.69) is 19.4 Å². The van der Waals surface area contributed by atoms with Gasteiger partial charge in [0.2, 0.25) is 5.91 Å². The van der Waals surface area contributed by atoms with Crippen molar-refractivity contribution in [1.82, 2.24) is 14.9 Å². The monoisotopic (exact) mass is 423 g/mol. The summed E-state index contributed by atoms with van der Waals surface area (Å²) in [6.07, 6.45) is 5.29. The number of carbonyl (C=O) groups excluding carboxylic acids is 1. The summed E-state index contributed by atoms with van der Waals surface area (Å²) in [6.45, 7) is 5.53. The van der Waals surface area contributed by atoms with Crippen LogP contribution in [0.5, 0.6) is 0 Å². The highest BCUT2D eigenvalue weighted by Crippen LogP contribution is 2.34. The van der Waals surface area contributed by atoms with Crippen molar-refractivity contribution < 1.29 is 9.69 Å². The molecule has 8 heteroatoms. The zero-order chi connectivity index (χ0) is 20.3. The van der Waals surface area contributed by atoms with Crippen LogP contribution in [0.2, 0.25) is 0 Å². The minimum absolute atomic E-state index is 0.0240. The third-order valence-electron chi connectivity index (χ3n) is 4.88. The highest BCUT2D eigenvalue weighted by Gasteiger charge is 2.22. The SMILES string of the molecule is CC(C)NC(=O)CSc1nc2sc3c(c2c(=O)n1CCC[NH+](C)C)CCCC3. The van der Waals surface area contributed by atoms with Gasteiger partial charge in [0, 0.05) is 23.9 Å². The van der Waals surface area contributed by atoms with Gasteiger partial charge in [0.1, 0.15) is 4.83 Å². The van der Waals surface area contributed by atoms with Gasteiger partial charge in [0.15, 0.2) is 5.16 Å². The molecule has 154 valence electrons. The molecule has 2 aromatic rings. The molecule has 0 radical (unpaired) electrons. The van der Waals surface area contributed by atoms with Crippen LogP contribution in [0.4, 0.5) is 0 Å². The molecule has 0 saturated carbocycles. The first-order valence-corrected chi connectivity index (χ1v) is 11.9. The van der Waals surface area contributed by atoms with E-state index < -0.39 is 0 Å². The number of thiophene rings is 1. The van der Waals surface area contributed by atoms with Crippen LogP contribution in [-0.4, -0.2) is 47.9 Å². The van der Waals surface area contributed by atoms with Crippen molar-refractivity contribution in [1.29, 1.82) is 0 Å². The lowest BCUT2D eigenvalue weighted by Gasteiger charge is -2.14. The molecule has 3 rings (SSSR count). The zero-order valence-corrected chi connectivity index (χ0v) is 18.9. The Bertz CT molecular complexity index is 902. The number of hydrogen-bond donors (Lipinski definition) is 2. The molecule has 0 aliphatic heterocycles. The summed E-state index contributed by atoms with van der Waals surface area (Å²) < 4.78 is 1.81. The van der Waals surface area contributed by atoms with Crippen molar-refractivity contribution in [3.05, 3.63) is 20.8 Å². The topological polar surface area (TPSA) is 68.4 Å². The van der Waals surface area contributed by atoms with Crippen molar-refractivity contribution in [2.45, 2.75) is 63.7 Å². The highest BCUT2D eigenvalue weighted by molar-refractivity contribution is 7.99. The van der Waals surface area contributed by atoms with E-state index in [0.717, 1.165) is 42.4 Å². The van der Waals surface area contributed by atoms with E-state index >= 15 is 0 Å². The van der Waals surface area contributed by atoms with Gasteiger partial charge in [0.05, 0.1) is 31.8 Å². The summed E-state index contributed by atoms with van der Waals surface area (Å²) in [4.78, 5) is 33.9. The standard InChI is InChI=1S/C20H30N4O2S2/c1-13(2)21-16(25)12-27-20-22-18-17(14-8-5-6-9-15(14)28-18)19(26)24(20)11-7-10-23(3)4/h13H,5-12H2,1-4H3,(H,21,25)/p+1. The minimum Gasteiger partial charge on any atom is -0.353 e. The van der Waals surface area contributed by atoms with Gasteiger partial charge in [-0.2, -0.15) is 0 Å². The van der Waals surface area contributed by atoms with Gasteiger partial charge in [-0.1, -0.05) is 11.8 Å². The number of aryl methyl sites for hydroxylation is 2. The van der Waals surface area contributed by atoms with E-state index in [1.165, 1.54) is 33.5 Å². The van der Waals surface area contributed by atoms with Gasteiger partial charge in [0.25, 0.3) is 5.56 Å². The fourth-order valence-electron chi connectivity index (χ4n) is 3.61. The van der Waals surface area contributed by atoms with Gasteiger partial charge in [-0.3, -0.25) is 14.2 Å². The molecule has 0 bridgehead atoms. The second kappa shape index (κ2) is 9.41. The number of nitrogens with zero attached hydrogens (tertiary/aromatic N) is 2. The number of aromatic nitrogens is 2. The number of hydrogen-bond acceptors (Lipinski definition) is 5. The maximum Gasteiger partial charge on any atom is 0.263 e. The second-order valence-electron chi connectivity index (χ2n) is 8.06. The number of fused-ring (bicyclic) bond motifs is 3. The van der Waals surface area contributed by atoms with Crippen LogP contribution in [0.1, 0.15) is 43.6 Å². The third kappa shape index (κ3) is 4.96. The number of amides is 1. The van der Waals surface area contributed by atoms with Crippen LogP contribution < -0.4 is 15.8 Å². The molecule has 6 nitrogen and oxygen atoms in total. The van der Waals surface area contributed by atoms with E-state index in [-0.39, 0.29) is 23.3 Å². The first-order chi connectivity index (χ1) is 13.4. The lowest BCUT2D eigenvalue weighted by Crippen LogP contribution is -3.05. The Labute approximate surface area is 174 Å². The van der Waals surface area contributed by atoms with E-state index in [1.807, 2.05) is 13.8 Å². The maximum absolute atomic E-state index is 13.4. The summed E-state index contributed by atoms with van der Waals surface area (Å²) in [6, 6.07) is 0.109. The molecular weight excluding hydrogens is 392 g/mol. The van der Waals surface area contributed by atoms with Crippen LogP contribution >= 0.6 is 23.1 Å². The Morgan fingerprint density at radius 1 is 1.32 bits per heavy atom. The molecule has 28 heavy (non-hydrogen) atoms. The number of rotatable bonds is 8. The van der Waals surface area contributed by atoms with Crippen LogP contribution in [0.15, 0.2) is 9.95 Å². The van der Waals surface area contributed by atoms with Gasteiger partial charge in [-0.15, -0.1) is 11.3 Å². The smallest absolute Gasteiger partial charge is 0.263 e. The molecule has 0 saturated heterocycles. The number of thioether (sulfide) groups is 1. The predicted molar refractivity (Wildman–Crippen MR) is 117 cm³/mol. The second-order valence-corrected chi connectivity index (χ2v) is 10.1. The average Bonchev–Trinajstić information content (AvgIpc) is 2.99. The Morgan fingerprint density at radius 2 is 2.07 bits per heavy atom. The molecule has 2 N–H and O–H groups in total. The summed E-state index contributed by atoms with van der Waals surface area (Å²) in [5.41, 5.74) is 1.30. The molecule has 0 unspecified atom stereocenters. The quantitative estimate of drug-likeness (QED) is 0.499. The van der Waals surface area contributed by atoms with Gasteiger partial charge < -0.3 is 10.2 Å². The Kier molecular flexibility index (Phi) is 7.17. The van der Waals surface area contributed by atoms with Crippen LogP contribution in [0.3, 0.4) is 0 Å². The zero-order valence-electron chi connectivity index (χ0n) is 17.3. The Balaban J connectivity index is 1.94. The fraction of sp³-hybridized carbons (Fsp3) is 0.650. The van der Waals surface area contributed by atoms with Crippen LogP contribution in [0, 0.1) is 0 Å². The summed E-state index contributed by atoms with van der Waals surface area (Å²) in [7, 11) is 4.23. The van der Waals surface area contributed by atoms with Crippen molar-refractivity contribution >= 4 is 39.2 Å². The molecule has 2 heterocycles. The van der Waals surface area contributed by atoms with Crippen molar-refractivity contribution in [3.63, 3.8) is 0 Å². The van der Waals surface area contributed by atoms with Crippen LogP contribution in [-0.2, 0) is 24.2 Å². The fourth-order valence-corrected chi connectivity index (χ4v) is 5.75. The normalized spacial score (nSPS) is 14.1. The van der Waals surface area contributed by atoms with Gasteiger partial charge in [-0.05, 0) is 45.1 Å². The first kappa shape index (κ1) is 21.3. The van der Waals surface area contributed by atoms with E-state index in [1.54, 1.807) is 15.9 Å². The van der Waals surface area contributed by atoms with E-state index in [9.17, 15) is 9.59 Å². The highest BCUT2D eigenvalue weighted by atomic mass is 32.2. The lowest BCUT2D eigenvalue weighted by atomic mass is 9.97. The molecule has 0 fully saturated rings. The van der Waals surface area contributed by atoms with Gasteiger partial charge >= 0.3 is 0 Å². The predicted octanol–water partition coefficient (Wildman–Crippen LogP) is 1.49. The van der Waals surface area contributed by atoms with Crippen molar-refractivity contribution in [2.75, 3.05) is 26.4 Å². The maximum atomic E-state index is 13.4. The molecule has 0 aromatic carbocycles. The Morgan fingerprint density at radius 3 is 2.79 bits per heavy atom. The average molecular weight is 424 g/mol. The molecule has 0 spiro atoms. The number of quaternary nitrogens is 1. The van der Waals surface area contributed by atoms with Gasteiger partial charge in [-0.25, -0.2) is 4.98 Å². The number of nitrogens with one attached hydrogen (secondary N) is 2. The lowest BCUT2D eigenvalue weighted by molar-refractivity contribution is -0.858. The third-order valence-corrected chi connectivity index (χ3v) is 7.04. The van der Waals surface area contributed by atoms with E-state index in [0.29, 0.717) is 11.7 Å². The Hall–Kier alpha value is -1.38. The largest absolute Gasteiger partial charge is 0.353 e. The summed E-state index contributed by atoms with van der Waals surface area (Å²) in [5.74, 6) is 0.254. The molecule has 0 atom stereocenters. The molecule has 2 aromatic heterocycles. The molecule has 1 amide bonds. The summed E-state index contributed by atoms with van der Waals surface area (Å²) in [5, 5.41) is 4.40. The summed E-state index contributed by atoms with van der Waals surface area (Å²) >= 11 is 3.04. The molecule has 1 aliphatic rings. The van der Waals surface area contributed by atoms with Crippen molar-refractivity contribution in [2.24, 2.45) is 0 Å². The van der Waals surface area contributed by atoms with Crippen LogP contribution in [0.25, 0.3) is 10.2 Å². The van der Waals surface area contributed by atoms with E-state index in [4.69, 9.17) is 4.98 Å². The molecule has 1 aliphatic carbocycles. The number of carbonyl (C=O) groups is 1. The molecular formula is C20H31N4O2S2+. The minimum atomic E-state index is -0.0240. The van der Waals surface area contributed by atoms with Crippen molar-refractivity contribution in [3.8, 4) is 0 Å². The first-order valence-electron chi connectivity index (χ1n) is 10.1.